The average Bonchev–Trinajstić information content (AvgIpc) is 3.12. The predicted molar refractivity (Wildman–Crippen MR) is 121 cm³/mol. The first kappa shape index (κ1) is 23.8. The van der Waals surface area contributed by atoms with Crippen molar-refractivity contribution in [2.24, 2.45) is 51.5 Å². The molecule has 0 amide bonds. The van der Waals surface area contributed by atoms with Crippen molar-refractivity contribution in [3.63, 3.8) is 0 Å². The van der Waals surface area contributed by atoms with E-state index < -0.39 is 0 Å². The zero-order valence-corrected chi connectivity index (χ0v) is 20.1. The Morgan fingerprint density at radius 2 is 1.94 bits per heavy atom. The number of esters is 1. The molecule has 0 aliphatic heterocycles. The standard InChI is InChI=1S/C25H41N3O4/c1-14(5-8-22(31)32-4)17-6-7-18-23-19(13-21(30)25(17,18)3)24(2)10-9-16(27-28-26)11-15(24)12-20(23)29/h14-21,23,29-30H,5-13H2,1-4H3/t14-,15+,16-,17?,18?,19?,20+,21?,23-,24?,25?/m1/s1. The summed E-state index contributed by atoms with van der Waals surface area (Å²) in [5.74, 6) is 1.70. The van der Waals surface area contributed by atoms with Crippen LogP contribution < -0.4 is 0 Å². The number of nitrogens with zero attached hydrogens (tertiary/aromatic N) is 3. The largest absolute Gasteiger partial charge is 0.469 e. The van der Waals surface area contributed by atoms with E-state index in [1.165, 1.54) is 7.11 Å². The summed E-state index contributed by atoms with van der Waals surface area (Å²) in [6.45, 7) is 6.84. The molecule has 0 bridgehead atoms. The number of aliphatic hydroxyl groups is 2. The van der Waals surface area contributed by atoms with Gasteiger partial charge in [-0.2, -0.15) is 0 Å². The van der Waals surface area contributed by atoms with Crippen molar-refractivity contribution in [1.82, 2.24) is 0 Å². The summed E-state index contributed by atoms with van der Waals surface area (Å²) in [7, 11) is 1.43. The zero-order valence-electron chi connectivity index (χ0n) is 20.1. The molecule has 0 radical (unpaired) electrons. The van der Waals surface area contributed by atoms with E-state index in [4.69, 9.17) is 10.3 Å². The van der Waals surface area contributed by atoms with Crippen LogP contribution in [0.3, 0.4) is 0 Å². The Labute approximate surface area is 191 Å². The molecule has 4 saturated carbocycles. The Morgan fingerprint density at radius 3 is 2.62 bits per heavy atom. The van der Waals surface area contributed by atoms with Crippen LogP contribution in [-0.4, -0.2) is 41.5 Å². The molecule has 7 heteroatoms. The monoisotopic (exact) mass is 447 g/mol. The molecule has 11 atom stereocenters. The normalized spacial score (nSPS) is 48.6. The van der Waals surface area contributed by atoms with Crippen LogP contribution in [0, 0.1) is 46.3 Å². The maximum Gasteiger partial charge on any atom is 0.305 e. The predicted octanol–water partition coefficient (Wildman–Crippen LogP) is 4.86. The number of aliphatic hydroxyl groups excluding tert-OH is 2. The van der Waals surface area contributed by atoms with E-state index in [1.54, 1.807) is 0 Å². The lowest BCUT2D eigenvalue weighted by Gasteiger charge is -2.63. The molecule has 0 aromatic carbocycles. The number of methoxy groups -OCH3 is 1. The van der Waals surface area contributed by atoms with Gasteiger partial charge in [0.15, 0.2) is 0 Å². The van der Waals surface area contributed by atoms with E-state index in [0.29, 0.717) is 36.0 Å². The Morgan fingerprint density at radius 1 is 1.19 bits per heavy atom. The number of rotatable bonds is 5. The van der Waals surface area contributed by atoms with Gasteiger partial charge in [-0.15, -0.1) is 0 Å². The molecule has 4 rings (SSSR count). The van der Waals surface area contributed by atoms with Crippen LogP contribution >= 0.6 is 0 Å². The third kappa shape index (κ3) is 3.65. The van der Waals surface area contributed by atoms with Crippen molar-refractivity contribution in [2.45, 2.75) is 96.8 Å². The molecule has 0 spiro atoms. The molecule has 0 aromatic rings. The molecule has 6 unspecified atom stereocenters. The quantitative estimate of drug-likeness (QED) is 0.271. The minimum Gasteiger partial charge on any atom is -0.469 e. The Kier molecular flexibility index (Phi) is 6.56. The van der Waals surface area contributed by atoms with Crippen LogP contribution in [-0.2, 0) is 9.53 Å². The van der Waals surface area contributed by atoms with Gasteiger partial charge in [0.25, 0.3) is 0 Å². The number of azide groups is 1. The number of carbonyl (C=O) groups is 1. The molecule has 32 heavy (non-hydrogen) atoms. The Balaban J connectivity index is 1.57. The van der Waals surface area contributed by atoms with E-state index in [2.05, 4.69) is 30.8 Å². The first-order valence-corrected chi connectivity index (χ1v) is 12.6. The summed E-state index contributed by atoms with van der Waals surface area (Å²) in [5.41, 5.74) is 8.75. The first-order valence-electron chi connectivity index (χ1n) is 12.6. The van der Waals surface area contributed by atoms with E-state index >= 15 is 0 Å². The highest BCUT2D eigenvalue weighted by Gasteiger charge is 2.65. The minimum absolute atomic E-state index is 0.0344. The van der Waals surface area contributed by atoms with Crippen molar-refractivity contribution in [3.8, 4) is 0 Å². The Bertz CT molecular complexity index is 770. The number of hydrogen-bond acceptors (Lipinski definition) is 5. The van der Waals surface area contributed by atoms with Crippen molar-refractivity contribution in [2.75, 3.05) is 7.11 Å². The molecular weight excluding hydrogens is 406 g/mol. The van der Waals surface area contributed by atoms with Crippen molar-refractivity contribution in [3.05, 3.63) is 10.4 Å². The average molecular weight is 448 g/mol. The molecule has 7 nitrogen and oxygen atoms in total. The number of fused-ring (bicyclic) bond motifs is 5. The van der Waals surface area contributed by atoms with Gasteiger partial charge >= 0.3 is 5.97 Å². The fourth-order valence-corrected chi connectivity index (χ4v) is 8.96. The number of hydrogen-bond donors (Lipinski definition) is 2. The van der Waals surface area contributed by atoms with E-state index in [9.17, 15) is 15.0 Å². The SMILES string of the molecule is COC(=O)CC[C@@H](C)C1CCC2[C@@H]3C(CC(O)C21C)C1(C)CC[C@@H](N=[N+]=[N-])C[C@H]1C[C@@H]3O. The van der Waals surface area contributed by atoms with Crippen molar-refractivity contribution in [1.29, 1.82) is 0 Å². The summed E-state index contributed by atoms with van der Waals surface area (Å²) >= 11 is 0. The van der Waals surface area contributed by atoms with E-state index in [-0.39, 0.29) is 41.0 Å². The second kappa shape index (κ2) is 8.81. The summed E-state index contributed by atoms with van der Waals surface area (Å²) in [6, 6.07) is 0.0344. The molecule has 180 valence electrons. The molecule has 4 aliphatic carbocycles. The highest BCUT2D eigenvalue weighted by molar-refractivity contribution is 5.69. The van der Waals surface area contributed by atoms with E-state index in [1.807, 2.05) is 0 Å². The Hall–Kier alpha value is -1.30. The zero-order chi connectivity index (χ0) is 23.3. The highest BCUT2D eigenvalue weighted by Crippen LogP contribution is 2.68. The molecular formula is C25H41N3O4. The van der Waals surface area contributed by atoms with Gasteiger partial charge < -0.3 is 14.9 Å². The maximum atomic E-state index is 11.7. The summed E-state index contributed by atoms with van der Waals surface area (Å²) in [5, 5.41) is 27.0. The van der Waals surface area contributed by atoms with Gasteiger partial charge in [-0.25, -0.2) is 0 Å². The molecule has 0 saturated heterocycles. The maximum absolute atomic E-state index is 11.7. The van der Waals surface area contributed by atoms with Gasteiger partial charge in [-0.05, 0) is 103 Å². The number of ether oxygens (including phenoxy) is 1. The van der Waals surface area contributed by atoms with Crippen LogP contribution in [0.2, 0.25) is 0 Å². The van der Waals surface area contributed by atoms with Gasteiger partial charge in [-0.1, -0.05) is 25.9 Å². The van der Waals surface area contributed by atoms with Gasteiger partial charge in [0, 0.05) is 17.4 Å². The second-order valence-electron chi connectivity index (χ2n) is 11.8. The lowest BCUT2D eigenvalue weighted by molar-refractivity contribution is -0.202. The van der Waals surface area contributed by atoms with Crippen LogP contribution in [0.1, 0.15) is 78.6 Å². The first-order chi connectivity index (χ1) is 15.2. The molecule has 0 heterocycles. The van der Waals surface area contributed by atoms with Crippen LogP contribution in [0.15, 0.2) is 5.11 Å². The minimum atomic E-state index is -0.389. The smallest absolute Gasteiger partial charge is 0.305 e. The highest BCUT2D eigenvalue weighted by atomic mass is 16.5. The van der Waals surface area contributed by atoms with Crippen LogP contribution in [0.5, 0.6) is 0 Å². The van der Waals surface area contributed by atoms with Gasteiger partial charge in [0.2, 0.25) is 0 Å². The molecule has 2 N–H and O–H groups in total. The van der Waals surface area contributed by atoms with Crippen LogP contribution in [0.4, 0.5) is 0 Å². The van der Waals surface area contributed by atoms with E-state index in [0.717, 1.165) is 51.4 Å². The fourth-order valence-electron chi connectivity index (χ4n) is 8.96. The summed E-state index contributed by atoms with van der Waals surface area (Å²) < 4.78 is 4.84. The summed E-state index contributed by atoms with van der Waals surface area (Å²) in [6.07, 6.45) is 6.83. The van der Waals surface area contributed by atoms with Gasteiger partial charge in [-0.3, -0.25) is 4.79 Å². The van der Waals surface area contributed by atoms with Gasteiger partial charge in [0.1, 0.15) is 0 Å². The third-order valence-corrected chi connectivity index (χ3v) is 10.8. The molecule has 0 aromatic heterocycles. The number of carbonyl (C=O) groups excluding carboxylic acids is 1. The summed E-state index contributed by atoms with van der Waals surface area (Å²) in [4.78, 5) is 14.7. The topological polar surface area (TPSA) is 116 Å². The van der Waals surface area contributed by atoms with Crippen LogP contribution in [0.25, 0.3) is 10.4 Å². The lowest BCUT2D eigenvalue weighted by Crippen LogP contribution is -2.62. The second-order valence-corrected chi connectivity index (χ2v) is 11.8. The van der Waals surface area contributed by atoms with Gasteiger partial charge in [0.05, 0.1) is 19.3 Å². The lowest BCUT2D eigenvalue weighted by atomic mass is 9.43. The van der Waals surface area contributed by atoms with Crippen molar-refractivity contribution >= 4 is 5.97 Å². The molecule has 4 aliphatic rings. The third-order valence-electron chi connectivity index (χ3n) is 10.8. The fraction of sp³-hybridized carbons (Fsp3) is 0.960. The van der Waals surface area contributed by atoms with Crippen molar-refractivity contribution < 1.29 is 19.7 Å². The molecule has 4 fully saturated rings.